The maximum atomic E-state index is 13.9. The number of benzene rings is 1. The number of carbonyl (C=O) groups excluding carboxylic acids is 1. The van der Waals surface area contributed by atoms with Crippen LogP contribution < -0.4 is 15.8 Å². The Morgan fingerprint density at radius 2 is 2.15 bits per heavy atom. The molecule has 1 rings (SSSR count). The Kier molecular flexibility index (Phi) is 6.45. The Morgan fingerprint density at radius 3 is 2.65 bits per heavy atom. The van der Waals surface area contributed by atoms with Gasteiger partial charge in [0.25, 0.3) is 5.91 Å². The van der Waals surface area contributed by atoms with Crippen LogP contribution in [0.5, 0.6) is 5.75 Å². The Labute approximate surface area is 119 Å². The minimum atomic E-state index is -0.797. The molecule has 4 nitrogen and oxygen atoms in total. The second kappa shape index (κ2) is 7.85. The van der Waals surface area contributed by atoms with Crippen molar-refractivity contribution in [3.05, 3.63) is 29.6 Å². The number of rotatable bonds is 8. The first-order valence-electron chi connectivity index (χ1n) is 6.89. The summed E-state index contributed by atoms with van der Waals surface area (Å²) in [6.45, 7) is 7.46. The monoisotopic (exact) mass is 282 g/mol. The second-order valence-electron chi connectivity index (χ2n) is 5.21. The van der Waals surface area contributed by atoms with Crippen LogP contribution in [0.25, 0.3) is 0 Å². The second-order valence-corrected chi connectivity index (χ2v) is 5.21. The van der Waals surface area contributed by atoms with Crippen LogP contribution in [0.3, 0.4) is 0 Å². The van der Waals surface area contributed by atoms with Crippen molar-refractivity contribution >= 4 is 5.91 Å². The molecule has 1 unspecified atom stereocenters. The van der Waals surface area contributed by atoms with E-state index in [9.17, 15) is 9.18 Å². The molecular weight excluding hydrogens is 259 g/mol. The van der Waals surface area contributed by atoms with E-state index in [1.54, 1.807) is 13.0 Å². The summed E-state index contributed by atoms with van der Waals surface area (Å²) >= 11 is 0. The van der Waals surface area contributed by atoms with Gasteiger partial charge < -0.3 is 15.8 Å². The Morgan fingerprint density at radius 1 is 1.45 bits per heavy atom. The van der Waals surface area contributed by atoms with E-state index in [0.717, 1.165) is 12.1 Å². The maximum absolute atomic E-state index is 13.9. The van der Waals surface area contributed by atoms with Crippen molar-refractivity contribution in [1.29, 1.82) is 0 Å². The summed E-state index contributed by atoms with van der Waals surface area (Å²) in [5, 5.41) is 3.24. The zero-order chi connectivity index (χ0) is 15.1. The number of primary amides is 1. The van der Waals surface area contributed by atoms with E-state index in [1.165, 1.54) is 12.1 Å². The first-order chi connectivity index (χ1) is 9.43. The number of carbonyl (C=O) groups is 1. The first kappa shape index (κ1) is 16.4. The number of nitrogens with two attached hydrogens (primary N) is 1. The molecule has 1 aromatic rings. The number of halogens is 1. The van der Waals surface area contributed by atoms with Gasteiger partial charge in [-0.15, -0.1) is 0 Å². The van der Waals surface area contributed by atoms with Gasteiger partial charge in [0, 0.05) is 6.54 Å². The number of ether oxygens (including phenoxy) is 1. The largest absolute Gasteiger partial charge is 0.478 e. The van der Waals surface area contributed by atoms with Crippen LogP contribution in [-0.4, -0.2) is 18.6 Å². The van der Waals surface area contributed by atoms with Gasteiger partial charge >= 0.3 is 0 Å². The van der Waals surface area contributed by atoms with E-state index in [0.29, 0.717) is 18.9 Å². The van der Waals surface area contributed by atoms with E-state index in [1.807, 2.05) is 0 Å². The SMILES string of the molecule is CCC(Oc1ccc(CNCC(C)C)cc1F)C(N)=O. The smallest absolute Gasteiger partial charge is 0.258 e. The molecule has 0 aromatic heterocycles. The lowest BCUT2D eigenvalue weighted by Gasteiger charge is -2.15. The third kappa shape index (κ3) is 5.17. The summed E-state index contributed by atoms with van der Waals surface area (Å²) in [4.78, 5) is 11.1. The fraction of sp³-hybridized carbons (Fsp3) is 0.533. The van der Waals surface area contributed by atoms with E-state index in [-0.39, 0.29) is 5.75 Å². The molecule has 5 heteroatoms. The lowest BCUT2D eigenvalue weighted by molar-refractivity contribution is -0.124. The molecule has 0 saturated heterocycles. The summed E-state index contributed by atoms with van der Waals surface area (Å²) < 4.78 is 19.2. The van der Waals surface area contributed by atoms with Crippen molar-refractivity contribution in [1.82, 2.24) is 5.32 Å². The zero-order valence-electron chi connectivity index (χ0n) is 12.3. The van der Waals surface area contributed by atoms with Gasteiger partial charge in [-0.1, -0.05) is 26.8 Å². The number of hydrogen-bond acceptors (Lipinski definition) is 3. The minimum absolute atomic E-state index is 0.0586. The van der Waals surface area contributed by atoms with Crippen LogP contribution in [0.4, 0.5) is 4.39 Å². The maximum Gasteiger partial charge on any atom is 0.258 e. The molecule has 1 atom stereocenters. The number of hydrogen-bond donors (Lipinski definition) is 2. The highest BCUT2D eigenvalue weighted by molar-refractivity contribution is 5.79. The Hall–Kier alpha value is -1.62. The molecule has 0 aliphatic heterocycles. The van der Waals surface area contributed by atoms with Crippen molar-refractivity contribution < 1.29 is 13.9 Å². The van der Waals surface area contributed by atoms with E-state index in [2.05, 4.69) is 19.2 Å². The molecule has 1 amide bonds. The van der Waals surface area contributed by atoms with Crippen LogP contribution in [0.2, 0.25) is 0 Å². The fourth-order valence-corrected chi connectivity index (χ4v) is 1.75. The average Bonchev–Trinajstić information content (AvgIpc) is 2.37. The predicted octanol–water partition coefficient (Wildman–Crippen LogP) is 2.21. The third-order valence-corrected chi connectivity index (χ3v) is 2.84. The summed E-state index contributed by atoms with van der Waals surface area (Å²) in [5.74, 6) is -0.463. The molecule has 20 heavy (non-hydrogen) atoms. The summed E-state index contributed by atoms with van der Waals surface area (Å²) in [7, 11) is 0. The van der Waals surface area contributed by atoms with Gasteiger partial charge in [-0.3, -0.25) is 4.79 Å². The number of amides is 1. The summed E-state index contributed by atoms with van der Waals surface area (Å²) in [6.07, 6.45) is -0.388. The van der Waals surface area contributed by atoms with Crippen LogP contribution >= 0.6 is 0 Å². The topological polar surface area (TPSA) is 64.3 Å². The van der Waals surface area contributed by atoms with Crippen molar-refractivity contribution in [2.75, 3.05) is 6.54 Å². The first-order valence-corrected chi connectivity index (χ1v) is 6.89. The van der Waals surface area contributed by atoms with Crippen molar-refractivity contribution in [2.24, 2.45) is 11.7 Å². The Bertz CT molecular complexity index is 449. The highest BCUT2D eigenvalue weighted by Crippen LogP contribution is 2.20. The van der Waals surface area contributed by atoms with Crippen molar-refractivity contribution in [2.45, 2.75) is 39.8 Å². The normalized spacial score (nSPS) is 12.4. The van der Waals surface area contributed by atoms with Gasteiger partial charge in [-0.25, -0.2) is 4.39 Å². The lowest BCUT2D eigenvalue weighted by Crippen LogP contribution is -2.33. The van der Waals surface area contributed by atoms with Crippen LogP contribution in [0, 0.1) is 11.7 Å². The van der Waals surface area contributed by atoms with E-state index < -0.39 is 17.8 Å². The molecule has 0 fully saturated rings. The van der Waals surface area contributed by atoms with Crippen molar-refractivity contribution in [3.63, 3.8) is 0 Å². The van der Waals surface area contributed by atoms with E-state index in [4.69, 9.17) is 10.5 Å². The highest BCUT2D eigenvalue weighted by atomic mass is 19.1. The average molecular weight is 282 g/mol. The van der Waals surface area contributed by atoms with E-state index >= 15 is 0 Å². The lowest BCUT2D eigenvalue weighted by atomic mass is 10.2. The fourth-order valence-electron chi connectivity index (χ4n) is 1.75. The van der Waals surface area contributed by atoms with Gasteiger partial charge in [0.1, 0.15) is 0 Å². The highest BCUT2D eigenvalue weighted by Gasteiger charge is 2.16. The minimum Gasteiger partial charge on any atom is -0.478 e. The molecule has 0 bridgehead atoms. The molecule has 0 aliphatic rings. The van der Waals surface area contributed by atoms with Crippen LogP contribution in [0.15, 0.2) is 18.2 Å². The van der Waals surface area contributed by atoms with Gasteiger partial charge in [-0.05, 0) is 36.6 Å². The van der Waals surface area contributed by atoms with Crippen LogP contribution in [-0.2, 0) is 11.3 Å². The molecule has 0 spiro atoms. The molecule has 0 heterocycles. The molecule has 3 N–H and O–H groups in total. The molecule has 112 valence electrons. The van der Waals surface area contributed by atoms with Gasteiger partial charge in [0.15, 0.2) is 17.7 Å². The standard InChI is InChI=1S/C15H23FN2O2/c1-4-13(15(17)19)20-14-6-5-11(7-12(14)16)9-18-8-10(2)3/h5-7,10,13,18H,4,8-9H2,1-3H3,(H2,17,19). The zero-order valence-corrected chi connectivity index (χ0v) is 12.3. The van der Waals surface area contributed by atoms with Gasteiger partial charge in [0.2, 0.25) is 0 Å². The third-order valence-electron chi connectivity index (χ3n) is 2.84. The Balaban J connectivity index is 2.65. The molecule has 0 radical (unpaired) electrons. The van der Waals surface area contributed by atoms with Gasteiger partial charge in [0.05, 0.1) is 0 Å². The van der Waals surface area contributed by atoms with Gasteiger partial charge in [-0.2, -0.15) is 0 Å². The summed E-state index contributed by atoms with van der Waals surface area (Å²) in [6, 6.07) is 4.73. The molecule has 0 saturated carbocycles. The number of nitrogens with one attached hydrogen (secondary N) is 1. The predicted molar refractivity (Wildman–Crippen MR) is 76.8 cm³/mol. The van der Waals surface area contributed by atoms with Crippen molar-refractivity contribution in [3.8, 4) is 5.75 Å². The molecule has 1 aromatic carbocycles. The van der Waals surface area contributed by atoms with Crippen LogP contribution in [0.1, 0.15) is 32.8 Å². The summed E-state index contributed by atoms with van der Waals surface area (Å²) in [5.41, 5.74) is 6.01. The molecular formula is C15H23FN2O2. The molecule has 0 aliphatic carbocycles. The quantitative estimate of drug-likeness (QED) is 0.768.